The molecule has 3 aliphatic rings. The largest absolute Gasteiger partial charge is 0.454 e. The highest BCUT2D eigenvalue weighted by Gasteiger charge is 2.61. The standard InChI is InChI=1S/C27H25N3O7/c1-15-7-10-19(13-20(15)30(35)36)28-22(31)14-37-27(34)21(11-16-5-3-2-4-6-16)29-25(32)23-17-8-9-18(12-17)24(23)26(29)33/h2-10,13,17-18,21,23-24H,11-12,14H2,1H3,(H,28,31)/t17-,18-,21+,23-,24+/m0/s1. The van der Waals surface area contributed by atoms with Gasteiger partial charge in [0, 0.05) is 23.7 Å². The third-order valence-corrected chi connectivity index (χ3v) is 7.40. The van der Waals surface area contributed by atoms with Crippen molar-refractivity contribution < 1.29 is 28.8 Å². The van der Waals surface area contributed by atoms with Gasteiger partial charge in [-0.05, 0) is 36.8 Å². The highest BCUT2D eigenvalue weighted by molar-refractivity contribution is 6.09. The number of aryl methyl sites for hydroxylation is 1. The van der Waals surface area contributed by atoms with Crippen LogP contribution in [-0.4, -0.2) is 46.2 Å². The molecule has 0 aromatic heterocycles. The molecule has 5 rings (SSSR count). The third kappa shape index (κ3) is 4.50. The van der Waals surface area contributed by atoms with E-state index in [2.05, 4.69) is 5.32 Å². The van der Waals surface area contributed by atoms with Crippen LogP contribution in [0.15, 0.2) is 60.7 Å². The summed E-state index contributed by atoms with van der Waals surface area (Å²) in [6.45, 7) is 0.899. The van der Waals surface area contributed by atoms with Crippen LogP contribution in [0.3, 0.4) is 0 Å². The minimum atomic E-state index is -1.21. The zero-order valence-corrected chi connectivity index (χ0v) is 20.0. The first-order valence-corrected chi connectivity index (χ1v) is 12.1. The van der Waals surface area contributed by atoms with Gasteiger partial charge in [0.05, 0.1) is 16.8 Å². The summed E-state index contributed by atoms with van der Waals surface area (Å²) in [5, 5.41) is 13.6. The summed E-state index contributed by atoms with van der Waals surface area (Å²) in [6.07, 6.45) is 4.78. The fourth-order valence-corrected chi connectivity index (χ4v) is 5.66. The molecular weight excluding hydrogens is 478 g/mol. The van der Waals surface area contributed by atoms with E-state index >= 15 is 0 Å². The Bertz CT molecular complexity index is 1290. The number of amides is 3. The average Bonchev–Trinajstić information content (AvgIpc) is 3.56. The van der Waals surface area contributed by atoms with Gasteiger partial charge in [0.25, 0.3) is 11.6 Å². The maximum Gasteiger partial charge on any atom is 0.330 e. The van der Waals surface area contributed by atoms with Crippen molar-refractivity contribution in [3.63, 3.8) is 0 Å². The molecule has 0 radical (unpaired) electrons. The van der Waals surface area contributed by atoms with Gasteiger partial charge >= 0.3 is 5.97 Å². The molecule has 1 saturated carbocycles. The molecular formula is C27H25N3O7. The molecule has 1 heterocycles. The SMILES string of the molecule is Cc1ccc(NC(=O)COC(=O)[C@@H](Cc2ccccc2)N2C(=O)[C@@H]3[C@H](C2=O)[C@H]2C=C[C@H]3C2)cc1[N+](=O)[O-]. The number of carbonyl (C=O) groups excluding carboxylic acids is 4. The molecule has 190 valence electrons. The average molecular weight is 504 g/mol. The van der Waals surface area contributed by atoms with Crippen LogP contribution in [0.25, 0.3) is 0 Å². The van der Waals surface area contributed by atoms with Crippen LogP contribution in [0.1, 0.15) is 17.5 Å². The number of rotatable bonds is 8. The lowest BCUT2D eigenvalue weighted by molar-refractivity contribution is -0.385. The van der Waals surface area contributed by atoms with Crippen molar-refractivity contribution >= 4 is 35.1 Å². The molecule has 0 unspecified atom stereocenters. The lowest BCUT2D eigenvalue weighted by Crippen LogP contribution is -2.48. The second-order valence-corrected chi connectivity index (χ2v) is 9.67. The van der Waals surface area contributed by atoms with Crippen LogP contribution in [0.4, 0.5) is 11.4 Å². The quantitative estimate of drug-likeness (QED) is 0.192. The van der Waals surface area contributed by atoms with Gasteiger partial charge in [0.2, 0.25) is 11.8 Å². The summed E-state index contributed by atoms with van der Waals surface area (Å²) >= 11 is 0. The number of fused-ring (bicyclic) bond motifs is 5. The van der Waals surface area contributed by atoms with Gasteiger partial charge in [-0.1, -0.05) is 48.6 Å². The number of esters is 1. The summed E-state index contributed by atoms with van der Waals surface area (Å²) in [6, 6.07) is 12.0. The number of likely N-dealkylation sites (tertiary alicyclic amines) is 1. The molecule has 2 aromatic carbocycles. The number of nitrogens with zero attached hydrogens (tertiary/aromatic N) is 2. The monoisotopic (exact) mass is 503 g/mol. The zero-order valence-electron chi connectivity index (χ0n) is 20.0. The maximum atomic E-state index is 13.3. The van der Waals surface area contributed by atoms with E-state index in [1.54, 1.807) is 31.2 Å². The number of carbonyl (C=O) groups is 4. The van der Waals surface area contributed by atoms with E-state index in [-0.39, 0.29) is 41.4 Å². The number of nitro benzene ring substituents is 1. The maximum absolute atomic E-state index is 13.3. The van der Waals surface area contributed by atoms with Crippen LogP contribution < -0.4 is 5.32 Å². The van der Waals surface area contributed by atoms with Crippen LogP contribution in [-0.2, 0) is 30.3 Å². The molecule has 10 nitrogen and oxygen atoms in total. The fourth-order valence-electron chi connectivity index (χ4n) is 5.66. The van der Waals surface area contributed by atoms with Crippen molar-refractivity contribution in [1.29, 1.82) is 0 Å². The first-order valence-electron chi connectivity index (χ1n) is 12.1. The Morgan fingerprint density at radius 3 is 2.35 bits per heavy atom. The van der Waals surface area contributed by atoms with Crippen molar-refractivity contribution in [3.8, 4) is 0 Å². The Labute approximate surface area is 212 Å². The second-order valence-electron chi connectivity index (χ2n) is 9.67. The molecule has 1 N–H and O–H groups in total. The molecule has 1 aliphatic heterocycles. The van der Waals surface area contributed by atoms with Gasteiger partial charge in [-0.15, -0.1) is 0 Å². The minimum absolute atomic E-state index is 0.00538. The molecule has 2 aliphatic carbocycles. The highest BCUT2D eigenvalue weighted by atomic mass is 16.6. The summed E-state index contributed by atoms with van der Waals surface area (Å²) in [7, 11) is 0. The number of imide groups is 1. The summed E-state index contributed by atoms with van der Waals surface area (Å²) < 4.78 is 5.27. The zero-order chi connectivity index (χ0) is 26.3. The molecule has 3 amide bonds. The Hall–Kier alpha value is -4.34. The van der Waals surface area contributed by atoms with Crippen LogP contribution in [0, 0.1) is 40.7 Å². The van der Waals surface area contributed by atoms with Crippen LogP contribution >= 0.6 is 0 Å². The van der Waals surface area contributed by atoms with E-state index in [1.807, 2.05) is 18.2 Å². The van der Waals surface area contributed by atoms with Gasteiger partial charge in [-0.2, -0.15) is 0 Å². The summed E-state index contributed by atoms with van der Waals surface area (Å²) in [5.74, 6) is -3.26. The third-order valence-electron chi connectivity index (χ3n) is 7.40. The van der Waals surface area contributed by atoms with Gasteiger partial charge in [-0.3, -0.25) is 29.4 Å². The number of anilines is 1. The van der Waals surface area contributed by atoms with Crippen molar-refractivity contribution in [2.24, 2.45) is 23.7 Å². The predicted molar refractivity (Wildman–Crippen MR) is 131 cm³/mol. The lowest BCUT2D eigenvalue weighted by atomic mass is 9.85. The lowest BCUT2D eigenvalue weighted by Gasteiger charge is -2.26. The van der Waals surface area contributed by atoms with Crippen molar-refractivity contribution in [3.05, 3.63) is 81.9 Å². The first-order chi connectivity index (χ1) is 17.7. The van der Waals surface area contributed by atoms with Gasteiger partial charge in [0.1, 0.15) is 6.04 Å². The minimum Gasteiger partial charge on any atom is -0.454 e. The Morgan fingerprint density at radius 1 is 1.08 bits per heavy atom. The highest BCUT2D eigenvalue weighted by Crippen LogP contribution is 2.53. The topological polar surface area (TPSA) is 136 Å². The molecule has 0 spiro atoms. The van der Waals surface area contributed by atoms with E-state index in [4.69, 9.17) is 4.74 Å². The van der Waals surface area contributed by atoms with E-state index in [1.165, 1.54) is 18.2 Å². The number of hydrogen-bond donors (Lipinski definition) is 1. The van der Waals surface area contributed by atoms with Crippen molar-refractivity contribution in [2.75, 3.05) is 11.9 Å². The van der Waals surface area contributed by atoms with Gasteiger partial charge in [-0.25, -0.2) is 4.79 Å². The molecule has 1 saturated heterocycles. The second kappa shape index (κ2) is 9.61. The van der Waals surface area contributed by atoms with Gasteiger partial charge < -0.3 is 10.1 Å². The number of nitro groups is 1. The fraction of sp³-hybridized carbons (Fsp3) is 0.333. The molecule has 37 heavy (non-hydrogen) atoms. The van der Waals surface area contributed by atoms with Crippen LogP contribution in [0.5, 0.6) is 0 Å². The van der Waals surface area contributed by atoms with Crippen molar-refractivity contribution in [2.45, 2.75) is 25.8 Å². The van der Waals surface area contributed by atoms with Crippen LogP contribution in [0.2, 0.25) is 0 Å². The first kappa shape index (κ1) is 24.4. The van der Waals surface area contributed by atoms with E-state index in [0.717, 1.165) is 16.9 Å². The van der Waals surface area contributed by atoms with Gasteiger partial charge in [0.15, 0.2) is 6.61 Å². The Balaban J connectivity index is 1.30. The number of hydrogen-bond acceptors (Lipinski definition) is 7. The number of benzene rings is 2. The van der Waals surface area contributed by atoms with Crippen molar-refractivity contribution in [1.82, 2.24) is 4.90 Å². The molecule has 2 aromatic rings. The number of ether oxygens (including phenoxy) is 1. The predicted octanol–water partition coefficient (Wildman–Crippen LogP) is 2.80. The van der Waals surface area contributed by atoms with E-state index in [9.17, 15) is 29.3 Å². The summed E-state index contributed by atoms with van der Waals surface area (Å²) in [5.41, 5.74) is 1.20. The summed E-state index contributed by atoms with van der Waals surface area (Å²) in [4.78, 5) is 64.0. The van der Waals surface area contributed by atoms with E-state index < -0.39 is 41.3 Å². The molecule has 10 heteroatoms. The van der Waals surface area contributed by atoms with E-state index in [0.29, 0.717) is 5.56 Å². The molecule has 5 atom stereocenters. The Morgan fingerprint density at radius 2 is 1.73 bits per heavy atom. The molecule has 2 bridgehead atoms. The Kier molecular flexibility index (Phi) is 6.32. The number of nitrogens with one attached hydrogen (secondary N) is 1. The number of allylic oxidation sites excluding steroid dienone is 2. The molecule has 2 fully saturated rings. The smallest absolute Gasteiger partial charge is 0.330 e. The normalized spacial score (nSPS) is 24.2.